The van der Waals surface area contributed by atoms with Crippen LogP contribution in [0.15, 0.2) is 57.9 Å². The summed E-state index contributed by atoms with van der Waals surface area (Å²) in [5.74, 6) is 0.705. The van der Waals surface area contributed by atoms with Crippen LogP contribution in [0.4, 0.5) is 0 Å². The van der Waals surface area contributed by atoms with Crippen molar-refractivity contribution in [1.29, 1.82) is 0 Å². The van der Waals surface area contributed by atoms with Gasteiger partial charge in [-0.05, 0) is 52.5 Å². The first-order chi connectivity index (χ1) is 9.16. The summed E-state index contributed by atoms with van der Waals surface area (Å²) in [6, 6.07) is 16.3. The first kappa shape index (κ1) is 14.6. The number of aliphatic hydroxyl groups excluding tert-OH is 1. The first-order valence-corrected chi connectivity index (χ1v) is 8.04. The zero-order chi connectivity index (χ0) is 13.7. The Morgan fingerprint density at radius 2 is 1.79 bits per heavy atom. The maximum atomic E-state index is 10.1. The molecule has 2 rings (SSSR count). The van der Waals surface area contributed by atoms with Crippen LogP contribution in [0.3, 0.4) is 0 Å². The van der Waals surface area contributed by atoms with E-state index in [1.54, 1.807) is 11.8 Å². The van der Waals surface area contributed by atoms with Gasteiger partial charge in [0.15, 0.2) is 0 Å². The number of halogens is 1. The van der Waals surface area contributed by atoms with E-state index in [1.807, 2.05) is 30.3 Å². The lowest BCUT2D eigenvalue weighted by Crippen LogP contribution is -2.14. The molecule has 0 saturated carbocycles. The molecule has 1 N–H and O–H groups in total. The molecule has 19 heavy (non-hydrogen) atoms. The lowest BCUT2D eigenvalue weighted by atomic mass is 10.0. The fourth-order valence-electron chi connectivity index (χ4n) is 1.90. The van der Waals surface area contributed by atoms with Gasteiger partial charge < -0.3 is 5.11 Å². The lowest BCUT2D eigenvalue weighted by Gasteiger charge is -2.12. The summed E-state index contributed by atoms with van der Waals surface area (Å²) < 4.78 is 1.09. The van der Waals surface area contributed by atoms with E-state index in [0.29, 0.717) is 12.2 Å². The molecule has 0 bridgehead atoms. The molecular weight excluding hydrogens is 320 g/mol. The predicted molar refractivity (Wildman–Crippen MR) is 85.8 cm³/mol. The number of hydrogen-bond acceptors (Lipinski definition) is 2. The number of benzene rings is 2. The maximum absolute atomic E-state index is 10.1. The molecule has 0 heterocycles. The molecule has 0 aromatic heterocycles. The summed E-state index contributed by atoms with van der Waals surface area (Å²) in [5, 5.41) is 10.1. The van der Waals surface area contributed by atoms with Crippen molar-refractivity contribution < 1.29 is 5.11 Å². The van der Waals surface area contributed by atoms with Gasteiger partial charge in [0.25, 0.3) is 0 Å². The highest BCUT2D eigenvalue weighted by Gasteiger charge is 2.09. The molecule has 2 aromatic carbocycles. The molecule has 0 aliphatic rings. The second-order valence-electron chi connectivity index (χ2n) is 4.53. The second-order valence-corrected chi connectivity index (χ2v) is 6.44. The topological polar surface area (TPSA) is 20.2 Å². The SMILES string of the molecule is Cc1ccccc1CC(O)CSc1ccccc1Br. The zero-order valence-corrected chi connectivity index (χ0v) is 13.2. The number of thioether (sulfide) groups is 1. The van der Waals surface area contributed by atoms with Crippen molar-refractivity contribution in [1.82, 2.24) is 0 Å². The number of aryl methyl sites for hydroxylation is 1. The average molecular weight is 337 g/mol. The molecular formula is C16H17BrOS. The minimum atomic E-state index is -0.321. The summed E-state index contributed by atoms with van der Waals surface area (Å²) in [7, 11) is 0. The molecule has 100 valence electrons. The normalized spacial score (nSPS) is 12.4. The van der Waals surface area contributed by atoms with Gasteiger partial charge in [-0.1, -0.05) is 36.4 Å². The number of rotatable bonds is 5. The molecule has 0 aliphatic carbocycles. The van der Waals surface area contributed by atoms with Crippen molar-refractivity contribution in [2.24, 2.45) is 0 Å². The van der Waals surface area contributed by atoms with Crippen molar-refractivity contribution in [3.63, 3.8) is 0 Å². The molecule has 0 fully saturated rings. The molecule has 0 amide bonds. The molecule has 3 heteroatoms. The van der Waals surface area contributed by atoms with E-state index < -0.39 is 0 Å². The van der Waals surface area contributed by atoms with Crippen molar-refractivity contribution in [2.75, 3.05) is 5.75 Å². The van der Waals surface area contributed by atoms with E-state index in [4.69, 9.17) is 0 Å². The van der Waals surface area contributed by atoms with E-state index in [0.717, 1.165) is 4.47 Å². The number of hydrogen-bond donors (Lipinski definition) is 1. The fourth-order valence-corrected chi connectivity index (χ4v) is 3.40. The predicted octanol–water partition coefficient (Wildman–Crippen LogP) is 4.45. The van der Waals surface area contributed by atoms with Crippen LogP contribution in [0.25, 0.3) is 0 Å². The smallest absolute Gasteiger partial charge is 0.0674 e. The van der Waals surface area contributed by atoms with Gasteiger partial charge >= 0.3 is 0 Å². The van der Waals surface area contributed by atoms with Gasteiger partial charge in [0.2, 0.25) is 0 Å². The van der Waals surface area contributed by atoms with Crippen molar-refractivity contribution in [3.05, 3.63) is 64.1 Å². The van der Waals surface area contributed by atoms with Gasteiger partial charge in [0, 0.05) is 15.1 Å². The van der Waals surface area contributed by atoms with Crippen molar-refractivity contribution >= 4 is 27.7 Å². The third-order valence-corrected chi connectivity index (χ3v) is 5.16. The van der Waals surface area contributed by atoms with E-state index in [9.17, 15) is 5.11 Å². The zero-order valence-electron chi connectivity index (χ0n) is 10.8. The second kappa shape index (κ2) is 7.13. The molecule has 2 aromatic rings. The summed E-state index contributed by atoms with van der Waals surface area (Å²) in [6.07, 6.45) is 0.391. The molecule has 0 spiro atoms. The summed E-state index contributed by atoms with van der Waals surface area (Å²) in [6.45, 7) is 2.09. The quantitative estimate of drug-likeness (QED) is 0.814. The highest BCUT2D eigenvalue weighted by molar-refractivity contribution is 9.10. The van der Waals surface area contributed by atoms with Gasteiger partial charge in [-0.25, -0.2) is 0 Å². The van der Waals surface area contributed by atoms with Crippen molar-refractivity contribution in [3.8, 4) is 0 Å². The highest BCUT2D eigenvalue weighted by Crippen LogP contribution is 2.27. The molecule has 1 unspecified atom stereocenters. The fraction of sp³-hybridized carbons (Fsp3) is 0.250. The Morgan fingerprint density at radius 3 is 2.53 bits per heavy atom. The Morgan fingerprint density at radius 1 is 1.11 bits per heavy atom. The summed E-state index contributed by atoms with van der Waals surface area (Å²) in [5.41, 5.74) is 2.47. The van der Waals surface area contributed by atoms with E-state index in [-0.39, 0.29) is 6.10 Å². The van der Waals surface area contributed by atoms with Gasteiger partial charge in [0.1, 0.15) is 0 Å². The lowest BCUT2D eigenvalue weighted by molar-refractivity contribution is 0.200. The van der Waals surface area contributed by atoms with Crippen LogP contribution >= 0.6 is 27.7 Å². The molecule has 0 radical (unpaired) electrons. The Kier molecular flexibility index (Phi) is 5.49. The van der Waals surface area contributed by atoms with Gasteiger partial charge in [-0.15, -0.1) is 11.8 Å². The average Bonchev–Trinajstić information content (AvgIpc) is 2.40. The molecule has 0 saturated heterocycles. The van der Waals surface area contributed by atoms with Gasteiger partial charge in [-0.3, -0.25) is 0 Å². The van der Waals surface area contributed by atoms with Crippen LogP contribution in [0, 0.1) is 6.92 Å². The van der Waals surface area contributed by atoms with E-state index in [2.05, 4.69) is 41.1 Å². The van der Waals surface area contributed by atoms with Crippen LogP contribution in [0.5, 0.6) is 0 Å². The number of aliphatic hydroxyl groups is 1. The Labute approximate surface area is 127 Å². The summed E-state index contributed by atoms with van der Waals surface area (Å²) in [4.78, 5) is 1.17. The summed E-state index contributed by atoms with van der Waals surface area (Å²) >= 11 is 5.21. The van der Waals surface area contributed by atoms with E-state index >= 15 is 0 Å². The highest BCUT2D eigenvalue weighted by atomic mass is 79.9. The van der Waals surface area contributed by atoms with Crippen LogP contribution < -0.4 is 0 Å². The van der Waals surface area contributed by atoms with Crippen LogP contribution in [-0.2, 0) is 6.42 Å². The first-order valence-electron chi connectivity index (χ1n) is 6.26. The Balaban J connectivity index is 1.90. The van der Waals surface area contributed by atoms with Crippen LogP contribution in [0.2, 0.25) is 0 Å². The minimum absolute atomic E-state index is 0.321. The third-order valence-electron chi connectivity index (χ3n) is 2.98. The molecule has 1 nitrogen and oxygen atoms in total. The molecule has 1 atom stereocenters. The Hall–Kier alpha value is -0.770. The van der Waals surface area contributed by atoms with Gasteiger partial charge in [0.05, 0.1) is 6.10 Å². The van der Waals surface area contributed by atoms with Gasteiger partial charge in [-0.2, -0.15) is 0 Å². The standard InChI is InChI=1S/C16H17BrOS/c1-12-6-2-3-7-13(12)10-14(18)11-19-16-9-5-4-8-15(16)17/h2-9,14,18H,10-11H2,1H3. The maximum Gasteiger partial charge on any atom is 0.0674 e. The van der Waals surface area contributed by atoms with Crippen molar-refractivity contribution in [2.45, 2.75) is 24.3 Å². The van der Waals surface area contributed by atoms with E-state index in [1.165, 1.54) is 16.0 Å². The molecule has 0 aliphatic heterocycles. The third kappa shape index (κ3) is 4.37. The monoisotopic (exact) mass is 336 g/mol. The largest absolute Gasteiger partial charge is 0.392 e. The van der Waals surface area contributed by atoms with Crippen LogP contribution in [-0.4, -0.2) is 17.0 Å². The van der Waals surface area contributed by atoms with Crippen LogP contribution in [0.1, 0.15) is 11.1 Å². The minimum Gasteiger partial charge on any atom is -0.392 e. The Bertz CT molecular complexity index is 542.